The highest BCUT2D eigenvalue weighted by Gasteiger charge is 2.54. The Morgan fingerprint density at radius 1 is 1.20 bits per heavy atom. The van der Waals surface area contributed by atoms with E-state index in [-0.39, 0.29) is 35.6 Å². The Kier molecular flexibility index (Phi) is 5.15. The Morgan fingerprint density at radius 3 is 2.90 bits per heavy atom. The van der Waals surface area contributed by atoms with Crippen molar-refractivity contribution in [3.8, 4) is 11.1 Å². The molecule has 0 bridgehead atoms. The smallest absolute Gasteiger partial charge is 0.309 e. The molecule has 0 spiro atoms. The first kappa shape index (κ1) is 19.4. The number of benzene rings is 1. The maximum atomic E-state index is 13.5. The highest BCUT2D eigenvalue weighted by atomic mass is 19.1. The largest absolute Gasteiger partial charge is 0.462 e. The number of halogens is 1. The molecule has 6 atom stereocenters. The highest BCUT2D eigenvalue weighted by Crippen LogP contribution is 2.51. The molecule has 0 radical (unpaired) electrons. The lowest BCUT2D eigenvalue weighted by Gasteiger charge is -2.45. The number of aromatic nitrogens is 1. The van der Waals surface area contributed by atoms with Crippen molar-refractivity contribution in [1.82, 2.24) is 4.98 Å². The lowest BCUT2D eigenvalue weighted by Crippen LogP contribution is -2.45. The third kappa shape index (κ3) is 3.56. The summed E-state index contributed by atoms with van der Waals surface area (Å²) in [7, 11) is 0. The average molecular weight is 407 g/mol. The molecule has 30 heavy (non-hydrogen) atoms. The normalized spacial score (nSPS) is 33.2. The van der Waals surface area contributed by atoms with E-state index in [1.807, 2.05) is 25.1 Å². The second-order valence-corrected chi connectivity index (χ2v) is 8.77. The number of allylic oxidation sites excluding steroid dienone is 1. The molecular formula is C25H26FNO3. The van der Waals surface area contributed by atoms with E-state index in [0.717, 1.165) is 42.9 Å². The minimum atomic E-state index is -0.253. The Bertz CT molecular complexity index is 957. The zero-order valence-corrected chi connectivity index (χ0v) is 17.0. The van der Waals surface area contributed by atoms with Gasteiger partial charge in [-0.15, -0.1) is 0 Å². The van der Waals surface area contributed by atoms with Gasteiger partial charge in [-0.05, 0) is 67.4 Å². The fourth-order valence-electron chi connectivity index (χ4n) is 5.67. The number of hydrogen-bond donors (Lipinski definition) is 0. The molecule has 3 fully saturated rings. The molecule has 1 aliphatic carbocycles. The number of carbonyl (C=O) groups is 1. The molecule has 2 aromatic rings. The third-order valence-electron chi connectivity index (χ3n) is 7.07. The van der Waals surface area contributed by atoms with E-state index >= 15 is 0 Å². The van der Waals surface area contributed by atoms with Crippen molar-refractivity contribution in [3.05, 3.63) is 60.2 Å². The van der Waals surface area contributed by atoms with Crippen LogP contribution in [-0.2, 0) is 14.3 Å². The molecule has 0 N–H and O–H groups in total. The van der Waals surface area contributed by atoms with Gasteiger partial charge in [0.2, 0.25) is 0 Å². The van der Waals surface area contributed by atoms with Gasteiger partial charge >= 0.3 is 5.97 Å². The van der Waals surface area contributed by atoms with Gasteiger partial charge in [-0.3, -0.25) is 9.78 Å². The molecule has 0 amide bonds. The van der Waals surface area contributed by atoms with Gasteiger partial charge in [-0.25, -0.2) is 4.39 Å². The number of carbonyl (C=O) groups excluding carboxylic acids is 1. The number of esters is 1. The van der Waals surface area contributed by atoms with Crippen molar-refractivity contribution in [3.63, 3.8) is 0 Å². The minimum absolute atomic E-state index is 0.0269. The Hall–Kier alpha value is -2.53. The van der Waals surface area contributed by atoms with Gasteiger partial charge in [-0.2, -0.15) is 0 Å². The maximum absolute atomic E-state index is 13.5. The molecule has 156 valence electrons. The average Bonchev–Trinajstić information content (AvgIpc) is 3.05. The van der Waals surface area contributed by atoms with Crippen molar-refractivity contribution >= 4 is 12.0 Å². The van der Waals surface area contributed by atoms with Crippen LogP contribution in [0.3, 0.4) is 0 Å². The predicted octanol–water partition coefficient (Wildman–Crippen LogP) is 4.75. The zero-order chi connectivity index (χ0) is 20.7. The molecular weight excluding hydrogens is 381 g/mol. The van der Waals surface area contributed by atoms with E-state index in [4.69, 9.17) is 9.47 Å². The fraction of sp³-hybridized carbons (Fsp3) is 0.440. The van der Waals surface area contributed by atoms with Crippen LogP contribution in [0.1, 0.15) is 25.5 Å². The van der Waals surface area contributed by atoms with Crippen molar-refractivity contribution in [2.24, 2.45) is 29.6 Å². The lowest BCUT2D eigenvalue weighted by molar-refractivity contribution is -0.144. The van der Waals surface area contributed by atoms with Gasteiger partial charge in [-0.1, -0.05) is 24.3 Å². The minimum Gasteiger partial charge on any atom is -0.462 e. The van der Waals surface area contributed by atoms with E-state index in [9.17, 15) is 9.18 Å². The van der Waals surface area contributed by atoms with Crippen molar-refractivity contribution in [2.45, 2.75) is 25.9 Å². The van der Waals surface area contributed by atoms with Gasteiger partial charge in [0.25, 0.3) is 0 Å². The molecule has 3 aliphatic rings. The van der Waals surface area contributed by atoms with Crippen LogP contribution in [0.4, 0.5) is 4.39 Å². The summed E-state index contributed by atoms with van der Waals surface area (Å²) >= 11 is 0. The topological polar surface area (TPSA) is 48.4 Å². The summed E-state index contributed by atoms with van der Waals surface area (Å²) in [6.07, 6.45) is 7.93. The number of hydrogen-bond acceptors (Lipinski definition) is 4. The maximum Gasteiger partial charge on any atom is 0.309 e. The van der Waals surface area contributed by atoms with Crippen LogP contribution in [0.15, 0.2) is 48.7 Å². The van der Waals surface area contributed by atoms with Crippen LogP contribution in [0.25, 0.3) is 17.2 Å². The molecule has 5 heteroatoms. The van der Waals surface area contributed by atoms with Crippen molar-refractivity contribution in [1.29, 1.82) is 0 Å². The molecule has 1 saturated carbocycles. The first-order valence-electron chi connectivity index (χ1n) is 10.8. The van der Waals surface area contributed by atoms with Crippen LogP contribution >= 0.6 is 0 Å². The number of rotatable bonds is 3. The second kappa shape index (κ2) is 7.95. The summed E-state index contributed by atoms with van der Waals surface area (Å²) < 4.78 is 24.8. The summed E-state index contributed by atoms with van der Waals surface area (Å²) in [4.78, 5) is 16.9. The van der Waals surface area contributed by atoms with E-state index in [1.54, 1.807) is 12.3 Å². The number of pyridine rings is 1. The SMILES string of the molecule is C[C@H]1OC(=O)[C@@H]2C[C@@H]3COCCC3[C@H](/C=C/c3ccc(-c4cccc(F)c4)cn3)[C@H]12. The second-order valence-electron chi connectivity index (χ2n) is 8.77. The van der Waals surface area contributed by atoms with E-state index < -0.39 is 0 Å². The molecule has 1 aromatic carbocycles. The van der Waals surface area contributed by atoms with Gasteiger partial charge in [0.1, 0.15) is 11.9 Å². The van der Waals surface area contributed by atoms with Crippen molar-refractivity contribution < 1.29 is 18.7 Å². The number of ether oxygens (including phenoxy) is 2. The van der Waals surface area contributed by atoms with Gasteiger partial charge in [0, 0.05) is 30.9 Å². The van der Waals surface area contributed by atoms with Crippen LogP contribution in [0.5, 0.6) is 0 Å². The molecule has 1 unspecified atom stereocenters. The van der Waals surface area contributed by atoms with Gasteiger partial charge in [0.05, 0.1) is 11.6 Å². The standard InChI is InChI=1S/C25H26FNO3/c1-15-24-22(21-9-10-29-14-18(21)12-23(24)25(28)30-15)8-7-20-6-5-17(13-27-20)16-3-2-4-19(26)11-16/h2-8,11,13,15,18,21-24H,9-10,12,14H2,1H3/b8-7+/t15-,18-,21?,22+,23-,24+/m1/s1. The molecule has 2 aliphatic heterocycles. The third-order valence-corrected chi connectivity index (χ3v) is 7.07. The zero-order valence-electron chi connectivity index (χ0n) is 17.0. The van der Waals surface area contributed by atoms with Gasteiger partial charge < -0.3 is 9.47 Å². The van der Waals surface area contributed by atoms with Crippen LogP contribution in [-0.4, -0.2) is 30.3 Å². The number of cyclic esters (lactones) is 1. The first-order valence-corrected chi connectivity index (χ1v) is 10.8. The highest BCUT2D eigenvalue weighted by molar-refractivity contribution is 5.75. The molecule has 3 heterocycles. The van der Waals surface area contributed by atoms with Crippen molar-refractivity contribution in [2.75, 3.05) is 13.2 Å². The molecule has 4 nitrogen and oxygen atoms in total. The van der Waals surface area contributed by atoms with E-state index in [0.29, 0.717) is 11.8 Å². The Morgan fingerprint density at radius 2 is 2.10 bits per heavy atom. The summed E-state index contributed by atoms with van der Waals surface area (Å²) in [6.45, 7) is 3.54. The lowest BCUT2D eigenvalue weighted by atomic mass is 9.60. The van der Waals surface area contributed by atoms with Crippen LogP contribution < -0.4 is 0 Å². The van der Waals surface area contributed by atoms with E-state index in [2.05, 4.69) is 17.1 Å². The van der Waals surface area contributed by atoms with E-state index in [1.165, 1.54) is 12.1 Å². The summed E-state index contributed by atoms with van der Waals surface area (Å²) in [5.74, 6) is 1.10. The predicted molar refractivity (Wildman–Crippen MR) is 112 cm³/mol. The Labute approximate surface area is 176 Å². The summed E-state index contributed by atoms with van der Waals surface area (Å²) in [5.41, 5.74) is 2.56. The first-order chi connectivity index (χ1) is 14.6. The van der Waals surface area contributed by atoms with Crippen LogP contribution in [0, 0.1) is 35.4 Å². The summed E-state index contributed by atoms with van der Waals surface area (Å²) in [5, 5.41) is 0. The quantitative estimate of drug-likeness (QED) is 0.689. The monoisotopic (exact) mass is 407 g/mol. The Balaban J connectivity index is 1.39. The molecule has 5 rings (SSSR count). The fourth-order valence-corrected chi connectivity index (χ4v) is 5.67. The molecule has 2 saturated heterocycles. The van der Waals surface area contributed by atoms with Crippen LogP contribution in [0.2, 0.25) is 0 Å². The number of nitrogens with zero attached hydrogens (tertiary/aromatic N) is 1. The van der Waals surface area contributed by atoms with Gasteiger partial charge in [0.15, 0.2) is 0 Å². The number of fused-ring (bicyclic) bond motifs is 2. The summed E-state index contributed by atoms with van der Waals surface area (Å²) in [6, 6.07) is 10.5. The molecule has 1 aromatic heterocycles.